The van der Waals surface area contributed by atoms with Gasteiger partial charge in [0.1, 0.15) is 5.82 Å². The Morgan fingerprint density at radius 1 is 1.07 bits per heavy atom. The number of Topliss-reactive ketones (excluding diaryl/α,β-unsaturated/α-hetero) is 1. The summed E-state index contributed by atoms with van der Waals surface area (Å²) in [6, 6.07) is 17.7. The van der Waals surface area contributed by atoms with Gasteiger partial charge < -0.3 is 9.88 Å². The summed E-state index contributed by atoms with van der Waals surface area (Å²) < 4.78 is 15.3. The van der Waals surface area contributed by atoms with Crippen LogP contribution in [0.4, 0.5) is 4.39 Å². The summed E-state index contributed by atoms with van der Waals surface area (Å²) in [5, 5.41) is 3.01. The smallest absolute Gasteiger partial charge is 0.222 e. The third-order valence-electron chi connectivity index (χ3n) is 5.13. The van der Waals surface area contributed by atoms with E-state index in [1.807, 2.05) is 54.8 Å². The standard InChI is InChI=1S/C24H25FN2O2/c1-16(19-7-5-4-6-8-19)26-24(29)13-14-27-17(2)22(18(3)28)15-23(27)20-9-11-21(25)12-10-20/h4-12,15-16H,13-14H2,1-3H3,(H,26,29). The fraction of sp³-hybridized carbons (Fsp3) is 0.250. The molecular formula is C24H25FN2O2. The minimum absolute atomic E-state index is 0.0354. The Labute approximate surface area is 170 Å². The summed E-state index contributed by atoms with van der Waals surface area (Å²) in [4.78, 5) is 24.5. The molecule has 5 heteroatoms. The first kappa shape index (κ1) is 20.5. The lowest BCUT2D eigenvalue weighted by Crippen LogP contribution is -2.27. The minimum Gasteiger partial charge on any atom is -0.350 e. The van der Waals surface area contributed by atoms with Crippen molar-refractivity contribution < 1.29 is 14.0 Å². The van der Waals surface area contributed by atoms with Crippen LogP contribution in [-0.4, -0.2) is 16.3 Å². The van der Waals surface area contributed by atoms with Gasteiger partial charge in [-0.3, -0.25) is 9.59 Å². The largest absolute Gasteiger partial charge is 0.350 e. The van der Waals surface area contributed by atoms with Crippen LogP contribution >= 0.6 is 0 Å². The van der Waals surface area contributed by atoms with E-state index in [4.69, 9.17) is 0 Å². The molecule has 0 spiro atoms. The van der Waals surface area contributed by atoms with Crippen molar-refractivity contribution in [3.63, 3.8) is 0 Å². The number of nitrogens with zero attached hydrogens (tertiary/aromatic N) is 1. The predicted molar refractivity (Wildman–Crippen MR) is 112 cm³/mol. The van der Waals surface area contributed by atoms with Gasteiger partial charge in [0.15, 0.2) is 5.78 Å². The SMILES string of the molecule is CC(=O)c1cc(-c2ccc(F)cc2)n(CCC(=O)NC(C)c2ccccc2)c1C. The van der Waals surface area contributed by atoms with Crippen LogP contribution in [-0.2, 0) is 11.3 Å². The van der Waals surface area contributed by atoms with Crippen LogP contribution in [0.1, 0.15) is 47.9 Å². The molecule has 1 N–H and O–H groups in total. The molecule has 150 valence electrons. The Bertz CT molecular complexity index is 1010. The Morgan fingerprint density at radius 2 is 1.72 bits per heavy atom. The van der Waals surface area contributed by atoms with Crippen LogP contribution in [0.2, 0.25) is 0 Å². The molecule has 0 aliphatic heterocycles. The Kier molecular flexibility index (Phi) is 6.27. The number of nitrogens with one attached hydrogen (secondary N) is 1. The van der Waals surface area contributed by atoms with Gasteiger partial charge in [-0.15, -0.1) is 0 Å². The summed E-state index contributed by atoms with van der Waals surface area (Å²) in [6.07, 6.45) is 0.276. The summed E-state index contributed by atoms with van der Waals surface area (Å²) in [6.45, 7) is 5.77. The maximum Gasteiger partial charge on any atom is 0.222 e. The molecule has 2 aromatic carbocycles. The Hall–Kier alpha value is -3.21. The second kappa shape index (κ2) is 8.86. The molecule has 0 bridgehead atoms. The quantitative estimate of drug-likeness (QED) is 0.571. The third kappa shape index (κ3) is 4.80. The molecule has 29 heavy (non-hydrogen) atoms. The van der Waals surface area contributed by atoms with Gasteiger partial charge in [-0.2, -0.15) is 0 Å². The van der Waals surface area contributed by atoms with E-state index in [1.54, 1.807) is 12.1 Å². The molecule has 0 aliphatic rings. The maximum absolute atomic E-state index is 13.3. The van der Waals surface area contributed by atoms with Crippen molar-refractivity contribution in [1.82, 2.24) is 9.88 Å². The van der Waals surface area contributed by atoms with E-state index in [0.717, 1.165) is 22.5 Å². The molecule has 0 radical (unpaired) electrons. The summed E-state index contributed by atoms with van der Waals surface area (Å²) in [7, 11) is 0. The fourth-order valence-corrected chi connectivity index (χ4v) is 3.50. The molecule has 1 amide bonds. The zero-order chi connectivity index (χ0) is 21.0. The number of amides is 1. The van der Waals surface area contributed by atoms with Crippen molar-refractivity contribution in [2.24, 2.45) is 0 Å². The molecule has 0 saturated carbocycles. The van der Waals surface area contributed by atoms with Crippen molar-refractivity contribution >= 4 is 11.7 Å². The number of benzene rings is 2. The first-order chi connectivity index (χ1) is 13.9. The van der Waals surface area contributed by atoms with Gasteiger partial charge >= 0.3 is 0 Å². The first-order valence-corrected chi connectivity index (χ1v) is 9.68. The van der Waals surface area contributed by atoms with E-state index in [-0.39, 0.29) is 30.0 Å². The average Bonchev–Trinajstić information content (AvgIpc) is 3.04. The number of carbonyl (C=O) groups is 2. The number of ketones is 1. The second-order valence-electron chi connectivity index (χ2n) is 7.19. The normalized spacial score (nSPS) is 11.9. The maximum atomic E-state index is 13.3. The molecule has 3 aromatic rings. The highest BCUT2D eigenvalue weighted by Gasteiger charge is 2.17. The van der Waals surface area contributed by atoms with Gasteiger partial charge in [0.05, 0.1) is 6.04 Å². The van der Waals surface area contributed by atoms with Crippen molar-refractivity contribution in [2.45, 2.75) is 39.8 Å². The van der Waals surface area contributed by atoms with E-state index in [2.05, 4.69) is 5.32 Å². The van der Waals surface area contributed by atoms with Gasteiger partial charge in [-0.25, -0.2) is 4.39 Å². The van der Waals surface area contributed by atoms with E-state index < -0.39 is 0 Å². The topological polar surface area (TPSA) is 51.1 Å². The Balaban J connectivity index is 1.78. The van der Waals surface area contributed by atoms with E-state index in [9.17, 15) is 14.0 Å². The van der Waals surface area contributed by atoms with E-state index in [0.29, 0.717) is 12.1 Å². The van der Waals surface area contributed by atoms with Gasteiger partial charge in [0.2, 0.25) is 5.91 Å². The molecule has 1 heterocycles. The van der Waals surface area contributed by atoms with Crippen LogP contribution in [0, 0.1) is 12.7 Å². The van der Waals surface area contributed by atoms with E-state index >= 15 is 0 Å². The van der Waals surface area contributed by atoms with Gasteiger partial charge in [-0.05, 0) is 62.2 Å². The number of carbonyl (C=O) groups excluding carboxylic acids is 2. The Morgan fingerprint density at radius 3 is 2.34 bits per heavy atom. The lowest BCUT2D eigenvalue weighted by molar-refractivity contribution is -0.121. The summed E-state index contributed by atoms with van der Waals surface area (Å²) >= 11 is 0. The first-order valence-electron chi connectivity index (χ1n) is 9.68. The van der Waals surface area contributed by atoms with Crippen molar-refractivity contribution in [3.8, 4) is 11.3 Å². The van der Waals surface area contributed by atoms with Gasteiger partial charge in [-0.1, -0.05) is 30.3 Å². The molecular weight excluding hydrogens is 367 g/mol. The molecule has 4 nitrogen and oxygen atoms in total. The number of halogens is 1. The molecule has 1 unspecified atom stereocenters. The van der Waals surface area contributed by atoms with Crippen molar-refractivity contribution in [2.75, 3.05) is 0 Å². The van der Waals surface area contributed by atoms with E-state index in [1.165, 1.54) is 19.1 Å². The average molecular weight is 392 g/mol. The summed E-state index contributed by atoms with van der Waals surface area (Å²) in [5.41, 5.74) is 4.07. The van der Waals surface area contributed by atoms with Crippen molar-refractivity contribution in [1.29, 1.82) is 0 Å². The number of hydrogen-bond donors (Lipinski definition) is 1. The second-order valence-corrected chi connectivity index (χ2v) is 7.19. The number of rotatable bonds is 7. The zero-order valence-corrected chi connectivity index (χ0v) is 16.9. The third-order valence-corrected chi connectivity index (χ3v) is 5.13. The van der Waals surface area contributed by atoms with Crippen LogP contribution in [0.25, 0.3) is 11.3 Å². The zero-order valence-electron chi connectivity index (χ0n) is 16.9. The highest BCUT2D eigenvalue weighted by molar-refractivity contribution is 5.96. The number of aromatic nitrogens is 1. The lowest BCUT2D eigenvalue weighted by Gasteiger charge is -2.16. The monoisotopic (exact) mass is 392 g/mol. The summed E-state index contributed by atoms with van der Waals surface area (Å²) in [5.74, 6) is -0.416. The highest BCUT2D eigenvalue weighted by atomic mass is 19.1. The molecule has 0 aliphatic carbocycles. The highest BCUT2D eigenvalue weighted by Crippen LogP contribution is 2.27. The molecule has 1 aromatic heterocycles. The molecule has 0 fully saturated rings. The van der Waals surface area contributed by atoms with Gasteiger partial charge in [0, 0.05) is 29.9 Å². The molecule has 0 saturated heterocycles. The fourth-order valence-electron chi connectivity index (χ4n) is 3.50. The predicted octanol–water partition coefficient (Wildman–Crippen LogP) is 5.07. The van der Waals surface area contributed by atoms with Gasteiger partial charge in [0.25, 0.3) is 0 Å². The van der Waals surface area contributed by atoms with Crippen LogP contribution in [0.5, 0.6) is 0 Å². The van der Waals surface area contributed by atoms with Crippen LogP contribution in [0.3, 0.4) is 0 Å². The molecule has 3 rings (SSSR count). The lowest BCUT2D eigenvalue weighted by atomic mass is 10.1. The molecule has 1 atom stereocenters. The minimum atomic E-state index is -0.315. The number of hydrogen-bond acceptors (Lipinski definition) is 2. The van der Waals surface area contributed by atoms with Crippen LogP contribution < -0.4 is 5.32 Å². The van der Waals surface area contributed by atoms with Crippen molar-refractivity contribution in [3.05, 3.63) is 83.3 Å². The van der Waals surface area contributed by atoms with Crippen LogP contribution in [0.15, 0.2) is 60.7 Å².